The lowest BCUT2D eigenvalue weighted by Gasteiger charge is -1.98. The molecule has 0 amide bonds. The summed E-state index contributed by atoms with van der Waals surface area (Å²) in [4.78, 5) is 11.3. The van der Waals surface area contributed by atoms with Crippen LogP contribution >= 0.6 is 22.6 Å². The first kappa shape index (κ1) is 11.2. The van der Waals surface area contributed by atoms with E-state index < -0.39 is 0 Å². The summed E-state index contributed by atoms with van der Waals surface area (Å²) in [6.45, 7) is 1.71. The zero-order chi connectivity index (χ0) is 10.6. The first-order valence-electron chi connectivity index (χ1n) is 4.29. The van der Waals surface area contributed by atoms with E-state index >= 15 is 0 Å². The van der Waals surface area contributed by atoms with Gasteiger partial charge in [0.25, 0.3) is 0 Å². The molecule has 0 heterocycles. The highest BCUT2D eigenvalue weighted by molar-refractivity contribution is 14.1. The van der Waals surface area contributed by atoms with Crippen molar-refractivity contribution in [1.29, 1.82) is 0 Å². The third kappa shape index (κ3) is 3.91. The lowest BCUT2D eigenvalue weighted by molar-refractivity contribution is -0.114. The summed E-state index contributed by atoms with van der Waals surface area (Å²) in [7, 11) is 0. The molecule has 0 spiro atoms. The van der Waals surface area contributed by atoms with Crippen LogP contribution in [0.1, 0.15) is 12.5 Å². The molecule has 1 aromatic rings. The van der Waals surface area contributed by atoms with Gasteiger partial charge in [-0.15, -0.1) is 0 Å². The molecule has 14 heavy (non-hydrogen) atoms. The SMILES string of the molecule is C/C(N)=C/C(=O)Cc1ccc(I)cc1. The molecule has 0 fully saturated rings. The highest BCUT2D eigenvalue weighted by atomic mass is 127. The van der Waals surface area contributed by atoms with Gasteiger partial charge in [0.05, 0.1) is 0 Å². The summed E-state index contributed by atoms with van der Waals surface area (Å²) in [5, 5.41) is 0. The van der Waals surface area contributed by atoms with E-state index in [9.17, 15) is 4.79 Å². The maximum Gasteiger partial charge on any atom is 0.161 e. The summed E-state index contributed by atoms with van der Waals surface area (Å²) in [5.41, 5.74) is 6.99. The van der Waals surface area contributed by atoms with E-state index in [0.717, 1.165) is 5.56 Å². The molecule has 0 aromatic heterocycles. The van der Waals surface area contributed by atoms with Crippen molar-refractivity contribution in [2.24, 2.45) is 5.73 Å². The van der Waals surface area contributed by atoms with Crippen molar-refractivity contribution in [1.82, 2.24) is 0 Å². The molecule has 0 aliphatic rings. The third-order valence-corrected chi connectivity index (χ3v) is 2.40. The van der Waals surface area contributed by atoms with E-state index in [4.69, 9.17) is 5.73 Å². The maximum absolute atomic E-state index is 11.3. The molecule has 0 saturated carbocycles. The highest BCUT2D eigenvalue weighted by Crippen LogP contribution is 2.07. The Kier molecular flexibility index (Phi) is 4.13. The molecule has 1 rings (SSSR count). The van der Waals surface area contributed by atoms with Crippen LogP contribution in [0, 0.1) is 3.57 Å². The monoisotopic (exact) mass is 301 g/mol. The normalized spacial score (nSPS) is 11.4. The molecule has 0 unspecified atom stereocenters. The topological polar surface area (TPSA) is 43.1 Å². The van der Waals surface area contributed by atoms with Gasteiger partial charge in [-0.2, -0.15) is 0 Å². The number of carbonyl (C=O) groups is 1. The van der Waals surface area contributed by atoms with Gasteiger partial charge in [-0.1, -0.05) is 12.1 Å². The fraction of sp³-hybridized carbons (Fsp3) is 0.182. The van der Waals surface area contributed by atoms with Crippen LogP contribution in [0.2, 0.25) is 0 Å². The molecule has 1 aromatic carbocycles. The minimum atomic E-state index is 0.0474. The number of ketones is 1. The van der Waals surface area contributed by atoms with Gasteiger partial charge in [0.1, 0.15) is 0 Å². The minimum absolute atomic E-state index is 0.0474. The van der Waals surface area contributed by atoms with E-state index in [1.165, 1.54) is 9.65 Å². The number of nitrogens with two attached hydrogens (primary N) is 1. The van der Waals surface area contributed by atoms with Crippen LogP contribution < -0.4 is 5.73 Å². The van der Waals surface area contributed by atoms with Crippen molar-refractivity contribution in [3.63, 3.8) is 0 Å². The minimum Gasteiger partial charge on any atom is -0.402 e. The van der Waals surface area contributed by atoms with Gasteiger partial charge in [-0.25, -0.2) is 0 Å². The Hall–Kier alpha value is -0.840. The second-order valence-electron chi connectivity index (χ2n) is 3.16. The molecular weight excluding hydrogens is 289 g/mol. The predicted octanol–water partition coefficient (Wildman–Crippen LogP) is 2.27. The van der Waals surface area contributed by atoms with E-state index in [2.05, 4.69) is 22.6 Å². The second kappa shape index (κ2) is 5.14. The summed E-state index contributed by atoms with van der Waals surface area (Å²) >= 11 is 2.23. The molecular formula is C11H12INO. The Morgan fingerprint density at radius 2 is 2.00 bits per heavy atom. The predicted molar refractivity (Wildman–Crippen MR) is 65.8 cm³/mol. The van der Waals surface area contributed by atoms with E-state index in [1.807, 2.05) is 24.3 Å². The Labute approximate surface area is 97.3 Å². The van der Waals surface area contributed by atoms with Gasteiger partial charge in [0, 0.05) is 15.7 Å². The van der Waals surface area contributed by atoms with Crippen LogP contribution in [0.25, 0.3) is 0 Å². The molecule has 2 nitrogen and oxygen atoms in total. The van der Waals surface area contributed by atoms with Crippen molar-refractivity contribution in [2.75, 3.05) is 0 Å². The molecule has 74 valence electrons. The van der Waals surface area contributed by atoms with Crippen molar-refractivity contribution in [2.45, 2.75) is 13.3 Å². The lowest BCUT2D eigenvalue weighted by Crippen LogP contribution is -2.02. The van der Waals surface area contributed by atoms with Crippen LogP contribution in [-0.2, 0) is 11.2 Å². The smallest absolute Gasteiger partial charge is 0.161 e. The van der Waals surface area contributed by atoms with Crippen LogP contribution in [0.4, 0.5) is 0 Å². The quantitative estimate of drug-likeness (QED) is 0.687. The molecule has 0 saturated heterocycles. The Morgan fingerprint density at radius 3 is 2.50 bits per heavy atom. The first-order valence-corrected chi connectivity index (χ1v) is 5.37. The van der Waals surface area contributed by atoms with Crippen LogP contribution in [-0.4, -0.2) is 5.78 Å². The number of benzene rings is 1. The summed E-state index contributed by atoms with van der Waals surface area (Å²) in [6.07, 6.45) is 1.89. The number of hydrogen-bond donors (Lipinski definition) is 1. The largest absolute Gasteiger partial charge is 0.402 e. The van der Waals surface area contributed by atoms with Gasteiger partial charge in [-0.05, 0) is 53.3 Å². The number of allylic oxidation sites excluding steroid dienone is 2. The summed E-state index contributed by atoms with van der Waals surface area (Å²) in [6, 6.07) is 7.89. The van der Waals surface area contributed by atoms with Gasteiger partial charge < -0.3 is 5.73 Å². The van der Waals surface area contributed by atoms with Crippen molar-refractivity contribution in [3.05, 3.63) is 45.2 Å². The molecule has 0 atom stereocenters. The number of rotatable bonds is 3. The Morgan fingerprint density at radius 1 is 1.43 bits per heavy atom. The maximum atomic E-state index is 11.3. The average Bonchev–Trinajstić information content (AvgIpc) is 2.07. The molecule has 0 radical (unpaired) electrons. The van der Waals surface area contributed by atoms with Gasteiger partial charge in [-0.3, -0.25) is 4.79 Å². The molecule has 3 heteroatoms. The number of carbonyl (C=O) groups excluding carboxylic acids is 1. The van der Waals surface area contributed by atoms with Gasteiger partial charge in [0.2, 0.25) is 0 Å². The molecule has 0 bridgehead atoms. The summed E-state index contributed by atoms with van der Waals surface area (Å²) < 4.78 is 1.17. The number of halogens is 1. The van der Waals surface area contributed by atoms with E-state index in [1.54, 1.807) is 6.92 Å². The van der Waals surface area contributed by atoms with Crippen LogP contribution in [0.15, 0.2) is 36.0 Å². The van der Waals surface area contributed by atoms with E-state index in [-0.39, 0.29) is 5.78 Å². The van der Waals surface area contributed by atoms with Gasteiger partial charge in [0.15, 0.2) is 5.78 Å². The van der Waals surface area contributed by atoms with Crippen LogP contribution in [0.3, 0.4) is 0 Å². The van der Waals surface area contributed by atoms with Gasteiger partial charge >= 0.3 is 0 Å². The molecule has 2 N–H and O–H groups in total. The van der Waals surface area contributed by atoms with E-state index in [0.29, 0.717) is 12.1 Å². The molecule has 0 aliphatic carbocycles. The Bertz CT molecular complexity index is 350. The second-order valence-corrected chi connectivity index (χ2v) is 4.40. The zero-order valence-corrected chi connectivity index (χ0v) is 10.1. The fourth-order valence-corrected chi connectivity index (χ4v) is 1.47. The highest BCUT2D eigenvalue weighted by Gasteiger charge is 2.00. The summed E-state index contributed by atoms with van der Waals surface area (Å²) in [5.74, 6) is 0.0474. The van der Waals surface area contributed by atoms with Crippen molar-refractivity contribution in [3.8, 4) is 0 Å². The number of hydrogen-bond acceptors (Lipinski definition) is 2. The standard InChI is InChI=1S/C11H12INO/c1-8(13)6-11(14)7-9-2-4-10(12)5-3-9/h2-6H,7,13H2,1H3/b8-6-. The fourth-order valence-electron chi connectivity index (χ4n) is 1.11. The first-order chi connectivity index (χ1) is 6.58. The van der Waals surface area contributed by atoms with Crippen LogP contribution in [0.5, 0.6) is 0 Å². The Balaban J connectivity index is 2.66. The van der Waals surface area contributed by atoms with Crippen molar-refractivity contribution < 1.29 is 4.79 Å². The molecule has 0 aliphatic heterocycles. The average molecular weight is 301 g/mol. The lowest BCUT2D eigenvalue weighted by atomic mass is 10.1. The zero-order valence-electron chi connectivity index (χ0n) is 7.96. The third-order valence-electron chi connectivity index (χ3n) is 1.68. The van der Waals surface area contributed by atoms with Crippen molar-refractivity contribution >= 4 is 28.4 Å².